The molecular formula is C12H13N3O3. The molecule has 6 heteroatoms. The van der Waals surface area contributed by atoms with Gasteiger partial charge in [-0.2, -0.15) is 5.26 Å². The first-order chi connectivity index (χ1) is 8.72. The molecule has 18 heavy (non-hydrogen) atoms. The summed E-state index contributed by atoms with van der Waals surface area (Å²) in [7, 11) is 1.49. The molecular weight excluding hydrogens is 234 g/mol. The second kappa shape index (κ2) is 5.47. The van der Waals surface area contributed by atoms with Crippen LogP contribution in [0.15, 0.2) is 18.3 Å². The highest BCUT2D eigenvalue weighted by Crippen LogP contribution is 2.16. The van der Waals surface area contributed by atoms with Gasteiger partial charge in [-0.05, 0) is 6.07 Å². The van der Waals surface area contributed by atoms with Crippen molar-refractivity contribution in [3.63, 3.8) is 0 Å². The first kappa shape index (κ1) is 12.3. The number of aromatic nitrogens is 1. The lowest BCUT2D eigenvalue weighted by Crippen LogP contribution is -2.57. The highest BCUT2D eigenvalue weighted by molar-refractivity contribution is 5.78. The summed E-state index contributed by atoms with van der Waals surface area (Å²) in [5, 5.41) is 8.63. The summed E-state index contributed by atoms with van der Waals surface area (Å²) in [6.07, 6.45) is 1.42. The fraction of sp³-hybridized carbons (Fsp3) is 0.417. The number of nitrogens with zero attached hydrogens (tertiary/aromatic N) is 3. The molecule has 1 amide bonds. The van der Waals surface area contributed by atoms with Gasteiger partial charge in [-0.15, -0.1) is 0 Å². The molecule has 1 saturated heterocycles. The van der Waals surface area contributed by atoms with Crippen LogP contribution >= 0.6 is 0 Å². The van der Waals surface area contributed by atoms with E-state index in [9.17, 15) is 4.79 Å². The van der Waals surface area contributed by atoms with Crippen LogP contribution in [0.5, 0.6) is 5.88 Å². The molecule has 94 valence electrons. The molecule has 1 aromatic rings. The molecule has 2 rings (SSSR count). The smallest absolute Gasteiger partial charge is 0.248 e. The van der Waals surface area contributed by atoms with Gasteiger partial charge >= 0.3 is 0 Å². The number of amides is 1. The fourth-order valence-corrected chi connectivity index (χ4v) is 1.62. The molecule has 0 radical (unpaired) electrons. The number of ether oxygens (including phenoxy) is 2. The Morgan fingerprint density at radius 2 is 2.39 bits per heavy atom. The van der Waals surface area contributed by atoms with Crippen LogP contribution in [-0.4, -0.2) is 48.7 Å². The summed E-state index contributed by atoms with van der Waals surface area (Å²) in [6, 6.07) is 5.29. The van der Waals surface area contributed by atoms with Gasteiger partial charge in [0.1, 0.15) is 18.8 Å². The van der Waals surface area contributed by atoms with E-state index in [1.54, 1.807) is 17.0 Å². The third-order valence-electron chi connectivity index (χ3n) is 2.62. The molecule has 1 fully saturated rings. The van der Waals surface area contributed by atoms with E-state index in [4.69, 9.17) is 14.7 Å². The molecule has 6 nitrogen and oxygen atoms in total. The predicted octanol–water partition coefficient (Wildman–Crippen LogP) is 0.189. The van der Waals surface area contributed by atoms with Crippen molar-refractivity contribution in [1.82, 2.24) is 9.88 Å². The second-order valence-electron chi connectivity index (χ2n) is 3.97. The third-order valence-corrected chi connectivity index (χ3v) is 2.62. The molecule has 0 saturated carbocycles. The molecule has 1 aliphatic heterocycles. The maximum Gasteiger partial charge on any atom is 0.248 e. The van der Waals surface area contributed by atoms with Crippen molar-refractivity contribution in [2.45, 2.75) is 6.10 Å². The SMILES string of the molecule is COCC(=O)N1CC(Oc2ccc(C#N)cn2)C1. The molecule has 0 N–H and O–H groups in total. The van der Waals surface area contributed by atoms with Crippen molar-refractivity contribution >= 4 is 5.91 Å². The van der Waals surface area contributed by atoms with Gasteiger partial charge in [0.25, 0.3) is 0 Å². The Balaban J connectivity index is 1.79. The van der Waals surface area contributed by atoms with Crippen LogP contribution in [0.3, 0.4) is 0 Å². The predicted molar refractivity (Wildman–Crippen MR) is 61.8 cm³/mol. The number of methoxy groups -OCH3 is 1. The van der Waals surface area contributed by atoms with Gasteiger partial charge in [0.2, 0.25) is 11.8 Å². The minimum Gasteiger partial charge on any atom is -0.471 e. The average Bonchev–Trinajstić information content (AvgIpc) is 2.34. The van der Waals surface area contributed by atoms with Gasteiger partial charge in [0.05, 0.1) is 18.7 Å². The summed E-state index contributed by atoms with van der Waals surface area (Å²) in [6.45, 7) is 1.19. The molecule has 0 aliphatic carbocycles. The quantitative estimate of drug-likeness (QED) is 0.759. The maximum absolute atomic E-state index is 11.4. The van der Waals surface area contributed by atoms with E-state index in [1.165, 1.54) is 13.3 Å². The Labute approximate surface area is 105 Å². The number of nitriles is 1. The van der Waals surface area contributed by atoms with Gasteiger partial charge in [-0.3, -0.25) is 4.79 Å². The molecule has 2 heterocycles. The largest absolute Gasteiger partial charge is 0.471 e. The van der Waals surface area contributed by atoms with E-state index >= 15 is 0 Å². The highest BCUT2D eigenvalue weighted by atomic mass is 16.5. The monoisotopic (exact) mass is 247 g/mol. The molecule has 0 aromatic carbocycles. The molecule has 1 aromatic heterocycles. The summed E-state index contributed by atoms with van der Waals surface area (Å²) in [5.74, 6) is 0.433. The molecule has 0 unspecified atom stereocenters. The van der Waals surface area contributed by atoms with Crippen LogP contribution in [0.4, 0.5) is 0 Å². The average molecular weight is 247 g/mol. The fourth-order valence-electron chi connectivity index (χ4n) is 1.62. The zero-order chi connectivity index (χ0) is 13.0. The van der Waals surface area contributed by atoms with Crippen LogP contribution in [0.1, 0.15) is 5.56 Å². The maximum atomic E-state index is 11.4. The van der Waals surface area contributed by atoms with Gasteiger partial charge in [0.15, 0.2) is 0 Å². The van der Waals surface area contributed by atoms with Crippen LogP contribution < -0.4 is 4.74 Å². The van der Waals surface area contributed by atoms with Crippen LogP contribution in [-0.2, 0) is 9.53 Å². The Kier molecular flexibility index (Phi) is 3.75. The van der Waals surface area contributed by atoms with Crippen molar-refractivity contribution in [3.8, 4) is 11.9 Å². The number of rotatable bonds is 4. The Hall–Kier alpha value is -2.13. The Morgan fingerprint density at radius 1 is 1.61 bits per heavy atom. The van der Waals surface area contributed by atoms with E-state index < -0.39 is 0 Å². The molecule has 0 spiro atoms. The second-order valence-corrected chi connectivity index (χ2v) is 3.97. The normalized spacial score (nSPS) is 14.8. The lowest BCUT2D eigenvalue weighted by atomic mass is 10.1. The zero-order valence-electron chi connectivity index (χ0n) is 10.00. The van der Waals surface area contributed by atoms with Crippen molar-refractivity contribution in [2.24, 2.45) is 0 Å². The van der Waals surface area contributed by atoms with E-state index in [0.29, 0.717) is 24.5 Å². The highest BCUT2D eigenvalue weighted by Gasteiger charge is 2.32. The van der Waals surface area contributed by atoms with Crippen LogP contribution in [0.2, 0.25) is 0 Å². The molecule has 0 atom stereocenters. The number of carbonyl (C=O) groups excluding carboxylic acids is 1. The van der Waals surface area contributed by atoms with Gasteiger partial charge in [-0.1, -0.05) is 0 Å². The van der Waals surface area contributed by atoms with E-state index in [1.807, 2.05) is 6.07 Å². The van der Waals surface area contributed by atoms with Crippen LogP contribution in [0, 0.1) is 11.3 Å². The number of carbonyl (C=O) groups is 1. The summed E-state index contributed by atoms with van der Waals surface area (Å²) in [5.41, 5.74) is 0.493. The topological polar surface area (TPSA) is 75.4 Å². The van der Waals surface area contributed by atoms with Crippen molar-refractivity contribution < 1.29 is 14.3 Å². The van der Waals surface area contributed by atoms with E-state index in [0.717, 1.165) is 0 Å². The lowest BCUT2D eigenvalue weighted by Gasteiger charge is -2.38. The number of pyridine rings is 1. The molecule has 0 bridgehead atoms. The van der Waals surface area contributed by atoms with Crippen LogP contribution in [0.25, 0.3) is 0 Å². The Morgan fingerprint density at radius 3 is 2.94 bits per heavy atom. The van der Waals surface area contributed by atoms with Crippen molar-refractivity contribution in [2.75, 3.05) is 26.8 Å². The minimum absolute atomic E-state index is 0.0359. The number of hydrogen-bond donors (Lipinski definition) is 0. The summed E-state index contributed by atoms with van der Waals surface area (Å²) in [4.78, 5) is 17.1. The van der Waals surface area contributed by atoms with Gasteiger partial charge in [-0.25, -0.2) is 4.98 Å². The van der Waals surface area contributed by atoms with Crippen molar-refractivity contribution in [1.29, 1.82) is 5.26 Å². The third kappa shape index (κ3) is 2.76. The first-order valence-electron chi connectivity index (χ1n) is 5.52. The first-order valence-corrected chi connectivity index (χ1v) is 5.52. The summed E-state index contributed by atoms with van der Waals surface area (Å²) >= 11 is 0. The lowest BCUT2D eigenvalue weighted by molar-refractivity contribution is -0.144. The standard InChI is InChI=1S/C12H13N3O3/c1-17-8-12(16)15-6-10(7-15)18-11-3-2-9(4-13)5-14-11/h2-3,5,10H,6-8H2,1H3. The summed E-state index contributed by atoms with van der Waals surface area (Å²) < 4.78 is 10.3. The van der Waals surface area contributed by atoms with E-state index in [2.05, 4.69) is 4.98 Å². The zero-order valence-corrected chi connectivity index (χ0v) is 10.00. The Bertz CT molecular complexity index is 460. The van der Waals surface area contributed by atoms with Gasteiger partial charge in [0, 0.05) is 19.4 Å². The number of hydrogen-bond acceptors (Lipinski definition) is 5. The minimum atomic E-state index is -0.0369. The molecule has 1 aliphatic rings. The van der Waals surface area contributed by atoms with E-state index in [-0.39, 0.29) is 18.6 Å². The number of likely N-dealkylation sites (tertiary alicyclic amines) is 1. The van der Waals surface area contributed by atoms with Crippen molar-refractivity contribution in [3.05, 3.63) is 23.9 Å². The van der Waals surface area contributed by atoms with Gasteiger partial charge < -0.3 is 14.4 Å².